The molecule has 2 heterocycles. The molecule has 4 nitrogen and oxygen atoms in total. The maximum absolute atomic E-state index is 9.37. The lowest BCUT2D eigenvalue weighted by Gasteiger charge is -2.29. The first-order valence-corrected chi connectivity index (χ1v) is 5.63. The third-order valence-corrected chi connectivity index (χ3v) is 2.96. The van der Waals surface area contributed by atoms with Crippen molar-refractivity contribution in [2.75, 3.05) is 19.6 Å². The molecule has 0 bridgehead atoms. The zero-order valence-corrected chi connectivity index (χ0v) is 9.26. The van der Waals surface area contributed by atoms with E-state index in [1.165, 1.54) is 5.56 Å². The van der Waals surface area contributed by atoms with Gasteiger partial charge in [-0.15, -0.1) is 0 Å². The van der Waals surface area contributed by atoms with Crippen molar-refractivity contribution in [1.82, 2.24) is 14.7 Å². The highest BCUT2D eigenvalue weighted by atomic mass is 16.3. The Morgan fingerprint density at radius 1 is 1.40 bits per heavy atom. The molecule has 1 N–H and O–H groups in total. The number of aliphatic hydroxyl groups excluding tert-OH is 1. The van der Waals surface area contributed by atoms with Crippen LogP contribution in [0.15, 0.2) is 12.4 Å². The summed E-state index contributed by atoms with van der Waals surface area (Å²) in [5, 5.41) is 13.6. The summed E-state index contributed by atoms with van der Waals surface area (Å²) in [6.07, 6.45) is 5.71. The molecule has 0 unspecified atom stereocenters. The summed E-state index contributed by atoms with van der Waals surface area (Å²) in [5.41, 5.74) is 1.21. The van der Waals surface area contributed by atoms with E-state index in [1.807, 2.05) is 10.9 Å². The first-order valence-electron chi connectivity index (χ1n) is 5.63. The van der Waals surface area contributed by atoms with Crippen LogP contribution in [0.5, 0.6) is 0 Å². The maximum atomic E-state index is 9.37. The van der Waals surface area contributed by atoms with E-state index in [-0.39, 0.29) is 6.10 Å². The van der Waals surface area contributed by atoms with Crippen molar-refractivity contribution in [1.29, 1.82) is 0 Å². The quantitative estimate of drug-likeness (QED) is 0.794. The highest BCUT2D eigenvalue weighted by Gasteiger charge is 2.16. The summed E-state index contributed by atoms with van der Waals surface area (Å²) in [5.74, 6) is 0. The van der Waals surface area contributed by atoms with E-state index < -0.39 is 0 Å². The van der Waals surface area contributed by atoms with Crippen molar-refractivity contribution in [3.8, 4) is 0 Å². The third kappa shape index (κ3) is 3.04. The van der Waals surface area contributed by atoms with E-state index in [4.69, 9.17) is 0 Å². The molecular formula is C11H19N3O. The van der Waals surface area contributed by atoms with Gasteiger partial charge < -0.3 is 10.0 Å². The molecule has 0 aromatic carbocycles. The van der Waals surface area contributed by atoms with Crippen LogP contribution < -0.4 is 0 Å². The molecule has 1 aromatic rings. The molecule has 2 rings (SSSR count). The molecule has 15 heavy (non-hydrogen) atoms. The lowest BCUT2D eigenvalue weighted by Crippen LogP contribution is -2.37. The van der Waals surface area contributed by atoms with E-state index >= 15 is 0 Å². The number of piperidine rings is 1. The summed E-state index contributed by atoms with van der Waals surface area (Å²) in [7, 11) is 0. The second-order valence-corrected chi connectivity index (χ2v) is 4.35. The van der Waals surface area contributed by atoms with E-state index in [2.05, 4.69) is 23.1 Å². The minimum atomic E-state index is -0.0757. The second-order valence-electron chi connectivity index (χ2n) is 4.35. The van der Waals surface area contributed by atoms with Crippen LogP contribution in [0.4, 0.5) is 0 Å². The SMILES string of the molecule is Cc1cnn(CCN2CCC(O)CC2)c1. The number of likely N-dealkylation sites (tertiary alicyclic amines) is 1. The molecule has 0 spiro atoms. The fraction of sp³-hybridized carbons (Fsp3) is 0.727. The number of nitrogens with zero attached hydrogens (tertiary/aromatic N) is 3. The van der Waals surface area contributed by atoms with Gasteiger partial charge in [-0.05, 0) is 25.3 Å². The molecule has 0 saturated carbocycles. The Morgan fingerprint density at radius 3 is 2.73 bits per heavy atom. The van der Waals surface area contributed by atoms with Gasteiger partial charge in [0.05, 0.1) is 18.8 Å². The number of hydrogen-bond acceptors (Lipinski definition) is 3. The van der Waals surface area contributed by atoms with Gasteiger partial charge in [-0.1, -0.05) is 0 Å². The molecule has 4 heteroatoms. The average molecular weight is 209 g/mol. The van der Waals surface area contributed by atoms with Crippen molar-refractivity contribution in [2.24, 2.45) is 0 Å². The van der Waals surface area contributed by atoms with Crippen LogP contribution in [0.1, 0.15) is 18.4 Å². The molecule has 1 aliphatic rings. The Kier molecular flexibility index (Phi) is 3.38. The van der Waals surface area contributed by atoms with Crippen molar-refractivity contribution in [3.05, 3.63) is 18.0 Å². The Bertz CT molecular complexity index is 303. The Morgan fingerprint density at radius 2 is 2.13 bits per heavy atom. The van der Waals surface area contributed by atoms with E-state index in [9.17, 15) is 5.11 Å². The van der Waals surface area contributed by atoms with E-state index in [0.29, 0.717) is 0 Å². The van der Waals surface area contributed by atoms with Crippen molar-refractivity contribution in [2.45, 2.75) is 32.4 Å². The fourth-order valence-electron chi connectivity index (χ4n) is 1.98. The molecule has 1 aliphatic heterocycles. The first-order chi connectivity index (χ1) is 7.24. The number of rotatable bonds is 3. The standard InChI is InChI=1S/C11H19N3O/c1-10-8-12-14(9-10)7-6-13-4-2-11(15)3-5-13/h8-9,11,15H,2-7H2,1H3. The van der Waals surface area contributed by atoms with Crippen LogP contribution in [0.2, 0.25) is 0 Å². The van der Waals surface area contributed by atoms with Crippen molar-refractivity contribution >= 4 is 0 Å². The predicted octanol–water partition coefficient (Wildman–Crippen LogP) is 0.648. The van der Waals surface area contributed by atoms with E-state index in [0.717, 1.165) is 39.0 Å². The monoisotopic (exact) mass is 209 g/mol. The molecule has 0 radical (unpaired) electrons. The van der Waals surface area contributed by atoms with Crippen LogP contribution in [-0.2, 0) is 6.54 Å². The molecule has 84 valence electrons. The van der Waals surface area contributed by atoms with Gasteiger partial charge in [0, 0.05) is 25.8 Å². The highest BCUT2D eigenvalue weighted by Crippen LogP contribution is 2.09. The van der Waals surface area contributed by atoms with Gasteiger partial charge in [0.1, 0.15) is 0 Å². The van der Waals surface area contributed by atoms with Crippen LogP contribution in [0.3, 0.4) is 0 Å². The second kappa shape index (κ2) is 4.77. The lowest BCUT2D eigenvalue weighted by atomic mass is 10.1. The van der Waals surface area contributed by atoms with Gasteiger partial charge in [-0.3, -0.25) is 4.68 Å². The molecule has 0 aliphatic carbocycles. The normalized spacial score (nSPS) is 19.6. The minimum Gasteiger partial charge on any atom is -0.393 e. The van der Waals surface area contributed by atoms with Gasteiger partial charge in [-0.25, -0.2) is 0 Å². The van der Waals surface area contributed by atoms with Crippen LogP contribution in [0.25, 0.3) is 0 Å². The highest BCUT2D eigenvalue weighted by molar-refractivity contribution is 4.99. The summed E-state index contributed by atoms with van der Waals surface area (Å²) < 4.78 is 1.99. The molecular weight excluding hydrogens is 190 g/mol. The predicted molar refractivity (Wildman–Crippen MR) is 58.6 cm³/mol. The topological polar surface area (TPSA) is 41.3 Å². The minimum absolute atomic E-state index is 0.0757. The largest absolute Gasteiger partial charge is 0.393 e. The summed E-state index contributed by atoms with van der Waals surface area (Å²) in [6, 6.07) is 0. The molecule has 1 aromatic heterocycles. The van der Waals surface area contributed by atoms with Gasteiger partial charge in [0.15, 0.2) is 0 Å². The summed E-state index contributed by atoms with van der Waals surface area (Å²) in [4.78, 5) is 2.39. The Hall–Kier alpha value is -0.870. The molecule has 0 atom stereocenters. The van der Waals surface area contributed by atoms with Gasteiger partial charge in [0.25, 0.3) is 0 Å². The summed E-state index contributed by atoms with van der Waals surface area (Å²) in [6.45, 7) is 6.07. The molecule has 1 saturated heterocycles. The zero-order chi connectivity index (χ0) is 10.7. The smallest absolute Gasteiger partial charge is 0.0564 e. The third-order valence-electron chi connectivity index (χ3n) is 2.96. The van der Waals surface area contributed by atoms with Crippen molar-refractivity contribution in [3.63, 3.8) is 0 Å². The lowest BCUT2D eigenvalue weighted by molar-refractivity contribution is 0.0805. The Balaban J connectivity index is 1.74. The Labute approximate surface area is 90.5 Å². The van der Waals surface area contributed by atoms with Crippen LogP contribution in [0, 0.1) is 6.92 Å². The van der Waals surface area contributed by atoms with E-state index in [1.54, 1.807) is 0 Å². The van der Waals surface area contributed by atoms with Gasteiger partial charge in [0.2, 0.25) is 0 Å². The summed E-state index contributed by atoms with van der Waals surface area (Å²) >= 11 is 0. The fourth-order valence-corrected chi connectivity index (χ4v) is 1.98. The van der Waals surface area contributed by atoms with Crippen molar-refractivity contribution < 1.29 is 5.11 Å². The number of aliphatic hydroxyl groups is 1. The van der Waals surface area contributed by atoms with Crippen LogP contribution >= 0.6 is 0 Å². The first kappa shape index (κ1) is 10.6. The number of hydrogen-bond donors (Lipinski definition) is 1. The average Bonchev–Trinajstić information content (AvgIpc) is 2.64. The number of aryl methyl sites for hydroxylation is 1. The van der Waals surface area contributed by atoms with Gasteiger partial charge in [-0.2, -0.15) is 5.10 Å². The molecule has 1 fully saturated rings. The molecule has 0 amide bonds. The maximum Gasteiger partial charge on any atom is 0.0564 e. The van der Waals surface area contributed by atoms with Gasteiger partial charge >= 0.3 is 0 Å². The van der Waals surface area contributed by atoms with Crippen LogP contribution in [-0.4, -0.2) is 45.5 Å². The number of aromatic nitrogens is 2. The zero-order valence-electron chi connectivity index (χ0n) is 9.26.